The number of halogens is 1. The Bertz CT molecular complexity index is 1260. The molecule has 5 rings (SSSR count). The van der Waals surface area contributed by atoms with E-state index in [1.54, 1.807) is 36.3 Å². The number of hydrogen-bond acceptors (Lipinski definition) is 4. The molecule has 1 aliphatic rings. The summed E-state index contributed by atoms with van der Waals surface area (Å²) >= 11 is 0. The number of hydrogen-bond donors (Lipinski definition) is 0. The van der Waals surface area contributed by atoms with Crippen LogP contribution in [0.2, 0.25) is 0 Å². The molecule has 2 aromatic heterocycles. The molecule has 1 atom stereocenters. The van der Waals surface area contributed by atoms with Gasteiger partial charge in [-0.15, -0.1) is 0 Å². The molecule has 0 aliphatic carbocycles. The summed E-state index contributed by atoms with van der Waals surface area (Å²) in [5, 5.41) is 4.47. The van der Waals surface area contributed by atoms with Gasteiger partial charge < -0.3 is 9.30 Å². The summed E-state index contributed by atoms with van der Waals surface area (Å²) in [6.07, 6.45) is 7.75. The van der Waals surface area contributed by atoms with Crippen LogP contribution in [0.3, 0.4) is 0 Å². The molecule has 31 heavy (non-hydrogen) atoms. The topological polar surface area (TPSA) is 57.8 Å². The van der Waals surface area contributed by atoms with Crippen LogP contribution in [-0.4, -0.2) is 31.4 Å². The molecule has 0 bridgehead atoms. The molecule has 0 N–H and O–H groups in total. The Labute approximate surface area is 179 Å². The predicted molar refractivity (Wildman–Crippen MR) is 117 cm³/mol. The van der Waals surface area contributed by atoms with Crippen molar-refractivity contribution in [3.8, 4) is 11.4 Å². The summed E-state index contributed by atoms with van der Waals surface area (Å²) in [5.41, 5.74) is 1.79. The molecule has 6 nitrogen and oxygen atoms in total. The SMILES string of the molecule is COc1cc(C=Cc2nc3n(n2)CC[C@@]3(F)c2ccccc2)ccc1-n1cnc(C)c1. The van der Waals surface area contributed by atoms with Gasteiger partial charge in [0.1, 0.15) is 5.75 Å². The monoisotopic (exact) mass is 415 g/mol. The van der Waals surface area contributed by atoms with E-state index in [1.807, 2.05) is 60.2 Å². The van der Waals surface area contributed by atoms with Gasteiger partial charge in [0.2, 0.25) is 0 Å². The van der Waals surface area contributed by atoms with E-state index < -0.39 is 5.67 Å². The van der Waals surface area contributed by atoms with E-state index in [2.05, 4.69) is 15.1 Å². The Morgan fingerprint density at radius 1 is 1.13 bits per heavy atom. The molecular weight excluding hydrogens is 393 g/mol. The molecule has 0 saturated heterocycles. The Morgan fingerprint density at radius 3 is 2.71 bits per heavy atom. The lowest BCUT2D eigenvalue weighted by atomic mass is 9.94. The first-order valence-electron chi connectivity index (χ1n) is 10.1. The fourth-order valence-corrected chi connectivity index (χ4v) is 3.96. The van der Waals surface area contributed by atoms with E-state index in [9.17, 15) is 0 Å². The van der Waals surface area contributed by atoms with Crippen LogP contribution >= 0.6 is 0 Å². The number of rotatable bonds is 5. The van der Waals surface area contributed by atoms with Crippen molar-refractivity contribution in [2.24, 2.45) is 0 Å². The first-order chi connectivity index (χ1) is 15.1. The van der Waals surface area contributed by atoms with Crippen LogP contribution in [0.15, 0.2) is 61.1 Å². The molecule has 3 heterocycles. The van der Waals surface area contributed by atoms with Crippen molar-refractivity contribution in [1.82, 2.24) is 24.3 Å². The van der Waals surface area contributed by atoms with E-state index in [0.717, 1.165) is 22.7 Å². The minimum atomic E-state index is -1.60. The summed E-state index contributed by atoms with van der Waals surface area (Å²) in [6.45, 7) is 2.45. The van der Waals surface area contributed by atoms with Gasteiger partial charge in [0.15, 0.2) is 17.3 Å². The van der Waals surface area contributed by atoms with Crippen molar-refractivity contribution in [3.63, 3.8) is 0 Å². The summed E-state index contributed by atoms with van der Waals surface area (Å²) in [7, 11) is 1.64. The Balaban J connectivity index is 1.42. The number of nitrogens with zero attached hydrogens (tertiary/aromatic N) is 5. The third kappa shape index (κ3) is 3.42. The van der Waals surface area contributed by atoms with E-state index in [1.165, 1.54) is 0 Å². The number of methoxy groups -OCH3 is 1. The maximum absolute atomic E-state index is 15.7. The van der Waals surface area contributed by atoms with Crippen LogP contribution < -0.4 is 4.74 Å². The molecule has 1 aliphatic heterocycles. The van der Waals surface area contributed by atoms with E-state index in [0.29, 0.717) is 30.2 Å². The van der Waals surface area contributed by atoms with Crippen molar-refractivity contribution < 1.29 is 9.13 Å². The average molecular weight is 415 g/mol. The highest BCUT2D eigenvalue weighted by molar-refractivity contribution is 5.69. The molecule has 0 fully saturated rings. The average Bonchev–Trinajstić information content (AvgIpc) is 3.50. The van der Waals surface area contributed by atoms with Crippen LogP contribution in [0.1, 0.15) is 34.9 Å². The van der Waals surface area contributed by atoms with Crippen molar-refractivity contribution in [2.75, 3.05) is 7.11 Å². The van der Waals surface area contributed by atoms with Gasteiger partial charge in [0.25, 0.3) is 0 Å². The lowest BCUT2D eigenvalue weighted by Crippen LogP contribution is -2.19. The van der Waals surface area contributed by atoms with E-state index >= 15 is 4.39 Å². The third-order valence-corrected chi connectivity index (χ3v) is 5.56. The van der Waals surface area contributed by atoms with Crippen LogP contribution in [0.25, 0.3) is 17.8 Å². The van der Waals surface area contributed by atoms with Gasteiger partial charge in [-0.05, 0) is 36.3 Å². The molecular formula is C24H22FN5O. The lowest BCUT2D eigenvalue weighted by molar-refractivity contribution is 0.217. The van der Waals surface area contributed by atoms with Gasteiger partial charge in [0.05, 0.1) is 24.8 Å². The second kappa shape index (κ2) is 7.50. The molecule has 0 unspecified atom stereocenters. The summed E-state index contributed by atoms with van der Waals surface area (Å²) in [4.78, 5) is 8.76. The second-order valence-electron chi connectivity index (χ2n) is 7.62. The van der Waals surface area contributed by atoms with Gasteiger partial charge >= 0.3 is 0 Å². The normalized spacial score (nSPS) is 17.9. The standard InChI is InChI=1S/C24H22FN5O/c1-17-15-29(16-26-17)20-10-8-18(14-21(20)31-2)9-11-22-27-23-24(25,12-13-30(23)28-22)19-6-4-3-5-7-19/h3-11,14-16H,12-13H2,1-2H3/t24-/m1/s1. The van der Waals surface area contributed by atoms with Crippen molar-refractivity contribution in [3.05, 3.63) is 89.5 Å². The second-order valence-corrected chi connectivity index (χ2v) is 7.62. The van der Waals surface area contributed by atoms with Crippen LogP contribution in [0, 0.1) is 6.92 Å². The third-order valence-electron chi connectivity index (χ3n) is 5.56. The highest BCUT2D eigenvalue weighted by atomic mass is 19.1. The molecule has 7 heteroatoms. The van der Waals surface area contributed by atoms with Gasteiger partial charge in [0, 0.05) is 19.2 Å². The number of benzene rings is 2. The fraction of sp³-hybridized carbons (Fsp3) is 0.208. The number of alkyl halides is 1. The lowest BCUT2D eigenvalue weighted by Gasteiger charge is -2.17. The zero-order valence-electron chi connectivity index (χ0n) is 17.4. The molecule has 0 spiro atoms. The van der Waals surface area contributed by atoms with Crippen LogP contribution in [0.4, 0.5) is 4.39 Å². The van der Waals surface area contributed by atoms with Crippen LogP contribution in [-0.2, 0) is 12.2 Å². The number of aromatic nitrogens is 5. The zero-order valence-corrected chi connectivity index (χ0v) is 17.4. The summed E-state index contributed by atoms with van der Waals surface area (Å²) in [6, 6.07) is 15.1. The number of fused-ring (bicyclic) bond motifs is 1. The number of ether oxygens (including phenoxy) is 1. The smallest absolute Gasteiger partial charge is 0.196 e. The van der Waals surface area contributed by atoms with Gasteiger partial charge in [-0.2, -0.15) is 5.10 Å². The molecule has 0 radical (unpaired) electrons. The van der Waals surface area contributed by atoms with Crippen LogP contribution in [0.5, 0.6) is 5.75 Å². The Kier molecular flexibility index (Phi) is 4.66. The molecule has 0 amide bonds. The maximum atomic E-state index is 15.7. The first-order valence-corrected chi connectivity index (χ1v) is 10.1. The Morgan fingerprint density at radius 2 is 1.97 bits per heavy atom. The highest BCUT2D eigenvalue weighted by Crippen LogP contribution is 2.41. The summed E-state index contributed by atoms with van der Waals surface area (Å²) < 4.78 is 24.9. The van der Waals surface area contributed by atoms with Gasteiger partial charge in [-0.25, -0.2) is 19.0 Å². The maximum Gasteiger partial charge on any atom is 0.196 e. The number of aryl methyl sites for hydroxylation is 2. The predicted octanol–water partition coefficient (Wildman–Crippen LogP) is 4.57. The summed E-state index contributed by atoms with van der Waals surface area (Å²) in [5.74, 6) is 1.58. The minimum absolute atomic E-state index is 0.350. The first kappa shape index (κ1) is 19.2. The zero-order chi connectivity index (χ0) is 21.4. The van der Waals surface area contributed by atoms with E-state index in [4.69, 9.17) is 4.74 Å². The highest BCUT2D eigenvalue weighted by Gasteiger charge is 2.44. The fourth-order valence-electron chi connectivity index (χ4n) is 3.96. The largest absolute Gasteiger partial charge is 0.495 e. The van der Waals surface area contributed by atoms with Crippen molar-refractivity contribution in [2.45, 2.75) is 25.6 Å². The molecule has 4 aromatic rings. The van der Waals surface area contributed by atoms with Crippen molar-refractivity contribution >= 4 is 12.2 Å². The van der Waals surface area contributed by atoms with E-state index in [-0.39, 0.29) is 0 Å². The van der Waals surface area contributed by atoms with Gasteiger partial charge in [-0.3, -0.25) is 0 Å². The minimum Gasteiger partial charge on any atom is -0.495 e. The quantitative estimate of drug-likeness (QED) is 0.479. The van der Waals surface area contributed by atoms with Gasteiger partial charge in [-0.1, -0.05) is 42.5 Å². The molecule has 0 saturated carbocycles. The molecule has 156 valence electrons. The Hall–Kier alpha value is -3.74. The van der Waals surface area contributed by atoms with Crippen molar-refractivity contribution in [1.29, 1.82) is 0 Å². The molecule has 2 aromatic carbocycles. The number of imidazole rings is 1.